The summed E-state index contributed by atoms with van der Waals surface area (Å²) in [7, 11) is 1.33. The SMILES string of the molecule is COC(=O)/C=C/CCNC(=O)C1CCCN(Cc2cccc(F)c2)C1. The number of methoxy groups -OCH3 is 1. The van der Waals surface area contributed by atoms with Gasteiger partial charge < -0.3 is 10.1 Å². The molecule has 0 spiro atoms. The topological polar surface area (TPSA) is 58.6 Å². The number of nitrogens with one attached hydrogen (secondary N) is 1. The van der Waals surface area contributed by atoms with Gasteiger partial charge in [0.2, 0.25) is 5.91 Å². The largest absolute Gasteiger partial charge is 0.466 e. The first-order chi connectivity index (χ1) is 12.1. The van der Waals surface area contributed by atoms with Crippen molar-refractivity contribution in [2.75, 3.05) is 26.7 Å². The van der Waals surface area contributed by atoms with Gasteiger partial charge in [-0.25, -0.2) is 9.18 Å². The Morgan fingerprint density at radius 3 is 3.04 bits per heavy atom. The lowest BCUT2D eigenvalue weighted by Gasteiger charge is -2.32. The summed E-state index contributed by atoms with van der Waals surface area (Å²) in [5.74, 6) is -0.641. The second kappa shape index (κ2) is 9.93. The number of esters is 1. The molecule has 1 aliphatic rings. The molecular formula is C19H25FN2O3. The standard InChI is InChI=1S/C19H25FN2O3/c1-25-18(23)9-2-3-10-21-19(24)16-7-5-11-22(14-16)13-15-6-4-8-17(20)12-15/h2,4,6,8-9,12,16H,3,5,7,10-11,13-14H2,1H3,(H,21,24)/b9-2+. The minimum absolute atomic E-state index is 0.0374. The molecule has 25 heavy (non-hydrogen) atoms. The molecule has 1 unspecified atom stereocenters. The fraction of sp³-hybridized carbons (Fsp3) is 0.474. The molecule has 1 aromatic carbocycles. The van der Waals surface area contributed by atoms with Gasteiger partial charge in [-0.3, -0.25) is 9.69 Å². The van der Waals surface area contributed by atoms with Crippen LogP contribution in [-0.4, -0.2) is 43.5 Å². The van der Waals surface area contributed by atoms with Gasteiger partial charge in [0.15, 0.2) is 0 Å². The maximum Gasteiger partial charge on any atom is 0.330 e. The molecule has 2 rings (SSSR count). The summed E-state index contributed by atoms with van der Waals surface area (Å²) in [5, 5.41) is 2.91. The third-order valence-corrected chi connectivity index (χ3v) is 4.24. The number of halogens is 1. The molecule has 1 atom stereocenters. The molecule has 0 saturated carbocycles. The van der Waals surface area contributed by atoms with Gasteiger partial charge in [0.25, 0.3) is 0 Å². The molecule has 1 aliphatic heterocycles. The van der Waals surface area contributed by atoms with E-state index >= 15 is 0 Å². The fourth-order valence-electron chi connectivity index (χ4n) is 2.98. The van der Waals surface area contributed by atoms with Gasteiger partial charge in [0.05, 0.1) is 13.0 Å². The number of ether oxygens (including phenoxy) is 1. The first-order valence-corrected chi connectivity index (χ1v) is 8.57. The summed E-state index contributed by atoms with van der Waals surface area (Å²) >= 11 is 0. The molecule has 1 saturated heterocycles. The van der Waals surface area contributed by atoms with Crippen LogP contribution in [0, 0.1) is 11.7 Å². The van der Waals surface area contributed by atoms with Crippen LogP contribution < -0.4 is 5.32 Å². The highest BCUT2D eigenvalue weighted by molar-refractivity contribution is 5.81. The summed E-state index contributed by atoms with van der Waals surface area (Å²) in [6.07, 6.45) is 5.44. The lowest BCUT2D eigenvalue weighted by atomic mass is 9.96. The lowest BCUT2D eigenvalue weighted by molar-refractivity contribution is -0.134. The second-order valence-electron chi connectivity index (χ2n) is 6.21. The van der Waals surface area contributed by atoms with Crippen LogP contribution in [0.2, 0.25) is 0 Å². The average Bonchev–Trinajstić information content (AvgIpc) is 2.61. The average molecular weight is 348 g/mol. The smallest absolute Gasteiger partial charge is 0.330 e. The van der Waals surface area contributed by atoms with Crippen LogP contribution in [0.3, 0.4) is 0 Å². The van der Waals surface area contributed by atoms with Gasteiger partial charge in [-0.15, -0.1) is 0 Å². The van der Waals surface area contributed by atoms with Gasteiger partial charge in [-0.2, -0.15) is 0 Å². The maximum atomic E-state index is 13.3. The van der Waals surface area contributed by atoms with Crippen LogP contribution in [0.1, 0.15) is 24.8 Å². The number of carbonyl (C=O) groups excluding carboxylic acids is 2. The Bertz CT molecular complexity index is 618. The van der Waals surface area contributed by atoms with Crippen LogP contribution in [0.5, 0.6) is 0 Å². The Morgan fingerprint density at radius 1 is 1.44 bits per heavy atom. The van der Waals surface area contributed by atoms with Crippen molar-refractivity contribution in [3.63, 3.8) is 0 Å². The predicted octanol–water partition coefficient (Wildman–Crippen LogP) is 2.27. The van der Waals surface area contributed by atoms with E-state index in [9.17, 15) is 14.0 Å². The predicted molar refractivity (Wildman–Crippen MR) is 93.2 cm³/mol. The third kappa shape index (κ3) is 6.66. The summed E-state index contributed by atoms with van der Waals surface area (Å²) in [6, 6.07) is 6.59. The zero-order valence-corrected chi connectivity index (χ0v) is 14.5. The molecule has 0 aromatic heterocycles. The van der Waals surface area contributed by atoms with Crippen molar-refractivity contribution in [1.29, 1.82) is 0 Å². The maximum absolute atomic E-state index is 13.3. The van der Waals surface area contributed by atoms with Crippen molar-refractivity contribution >= 4 is 11.9 Å². The molecule has 0 aliphatic carbocycles. The Kier molecular flexibility index (Phi) is 7.60. The molecule has 0 radical (unpaired) electrons. The van der Waals surface area contributed by atoms with E-state index in [1.54, 1.807) is 12.1 Å². The fourth-order valence-corrected chi connectivity index (χ4v) is 2.98. The van der Waals surface area contributed by atoms with E-state index in [1.165, 1.54) is 25.3 Å². The van der Waals surface area contributed by atoms with Crippen molar-refractivity contribution in [2.24, 2.45) is 5.92 Å². The Hall–Kier alpha value is -2.21. The van der Waals surface area contributed by atoms with E-state index in [-0.39, 0.29) is 17.6 Å². The van der Waals surface area contributed by atoms with E-state index < -0.39 is 5.97 Å². The van der Waals surface area contributed by atoms with Gasteiger partial charge in [0.1, 0.15) is 5.82 Å². The molecule has 136 valence electrons. The van der Waals surface area contributed by atoms with Crippen molar-refractivity contribution < 1.29 is 18.7 Å². The zero-order valence-electron chi connectivity index (χ0n) is 14.5. The molecule has 1 heterocycles. The van der Waals surface area contributed by atoms with Gasteiger partial charge in [-0.05, 0) is 43.5 Å². The summed E-state index contributed by atoms with van der Waals surface area (Å²) in [5.41, 5.74) is 0.925. The number of piperidine rings is 1. The number of likely N-dealkylation sites (tertiary alicyclic amines) is 1. The Morgan fingerprint density at radius 2 is 2.28 bits per heavy atom. The summed E-state index contributed by atoms with van der Waals surface area (Å²) < 4.78 is 17.8. The molecule has 6 heteroatoms. The van der Waals surface area contributed by atoms with Crippen molar-refractivity contribution in [2.45, 2.75) is 25.8 Å². The van der Waals surface area contributed by atoms with Crippen molar-refractivity contribution in [1.82, 2.24) is 10.2 Å². The number of carbonyl (C=O) groups is 2. The van der Waals surface area contributed by atoms with E-state index in [4.69, 9.17) is 0 Å². The van der Waals surface area contributed by atoms with Crippen LogP contribution in [0.4, 0.5) is 4.39 Å². The highest BCUT2D eigenvalue weighted by Crippen LogP contribution is 2.19. The molecule has 0 bridgehead atoms. The third-order valence-electron chi connectivity index (χ3n) is 4.24. The van der Waals surface area contributed by atoms with Crippen LogP contribution in [0.25, 0.3) is 0 Å². The number of hydrogen-bond donors (Lipinski definition) is 1. The number of benzene rings is 1. The minimum atomic E-state index is -0.397. The molecule has 5 nitrogen and oxygen atoms in total. The normalized spacial score (nSPS) is 18.2. The molecule has 1 aromatic rings. The minimum Gasteiger partial charge on any atom is -0.466 e. The van der Waals surface area contributed by atoms with Gasteiger partial charge in [-0.1, -0.05) is 18.2 Å². The van der Waals surface area contributed by atoms with Crippen LogP contribution in [-0.2, 0) is 20.9 Å². The van der Waals surface area contributed by atoms with E-state index in [2.05, 4.69) is 15.0 Å². The molecule has 1 N–H and O–H groups in total. The lowest BCUT2D eigenvalue weighted by Crippen LogP contribution is -2.42. The number of rotatable bonds is 7. The van der Waals surface area contributed by atoms with Crippen LogP contribution >= 0.6 is 0 Å². The number of nitrogens with zero attached hydrogens (tertiary/aromatic N) is 1. The van der Waals surface area contributed by atoms with E-state index in [0.717, 1.165) is 24.9 Å². The number of hydrogen-bond acceptors (Lipinski definition) is 4. The summed E-state index contributed by atoms with van der Waals surface area (Å²) in [4.78, 5) is 25.4. The highest BCUT2D eigenvalue weighted by atomic mass is 19.1. The first-order valence-electron chi connectivity index (χ1n) is 8.57. The quantitative estimate of drug-likeness (QED) is 0.467. The molecule has 1 fully saturated rings. The van der Waals surface area contributed by atoms with Crippen molar-refractivity contribution in [3.05, 3.63) is 47.8 Å². The van der Waals surface area contributed by atoms with Crippen LogP contribution in [0.15, 0.2) is 36.4 Å². The van der Waals surface area contributed by atoms with Crippen molar-refractivity contribution in [3.8, 4) is 0 Å². The second-order valence-corrected chi connectivity index (χ2v) is 6.21. The summed E-state index contributed by atoms with van der Waals surface area (Å²) in [6.45, 7) is 2.75. The number of amides is 1. The Labute approximate surface area is 147 Å². The first kappa shape index (κ1) is 19.1. The monoisotopic (exact) mass is 348 g/mol. The van der Waals surface area contributed by atoms with Gasteiger partial charge in [0, 0.05) is 25.7 Å². The van der Waals surface area contributed by atoms with E-state index in [0.29, 0.717) is 26.1 Å². The Balaban J connectivity index is 1.75. The highest BCUT2D eigenvalue weighted by Gasteiger charge is 2.25. The molecular weight excluding hydrogens is 323 g/mol. The van der Waals surface area contributed by atoms with Gasteiger partial charge >= 0.3 is 5.97 Å². The zero-order chi connectivity index (χ0) is 18.1. The van der Waals surface area contributed by atoms with E-state index in [1.807, 2.05) is 6.07 Å². The molecule has 1 amide bonds.